The molecule has 0 aliphatic rings. The summed E-state index contributed by atoms with van der Waals surface area (Å²) in [4.78, 5) is 16.0. The Balaban J connectivity index is 1.32. The fourth-order valence-electron chi connectivity index (χ4n) is 2.72. The maximum Gasteiger partial charge on any atom is 0.220 e. The Morgan fingerprint density at radius 1 is 1.03 bits per heavy atom. The van der Waals surface area contributed by atoms with Crippen LogP contribution in [0.1, 0.15) is 25.2 Å². The highest BCUT2D eigenvalue weighted by molar-refractivity contribution is 5.76. The number of carbonyl (C=O) groups is 1. The zero-order valence-electron chi connectivity index (χ0n) is 16.2. The van der Waals surface area contributed by atoms with E-state index in [-0.39, 0.29) is 35.9 Å². The zero-order valence-corrected chi connectivity index (χ0v) is 16.2. The molecule has 8 heteroatoms. The summed E-state index contributed by atoms with van der Waals surface area (Å²) in [6, 6.07) is 8.99. The van der Waals surface area contributed by atoms with Crippen molar-refractivity contribution in [3.8, 4) is 17.1 Å². The summed E-state index contributed by atoms with van der Waals surface area (Å²) >= 11 is 0. The summed E-state index contributed by atoms with van der Waals surface area (Å²) in [5.74, 6) is -0.781. The van der Waals surface area contributed by atoms with Gasteiger partial charge in [0, 0.05) is 25.5 Å². The van der Waals surface area contributed by atoms with Crippen molar-refractivity contribution in [3.63, 3.8) is 0 Å². The van der Waals surface area contributed by atoms with Crippen LogP contribution in [-0.2, 0) is 11.2 Å². The highest BCUT2D eigenvalue weighted by Crippen LogP contribution is 2.24. The number of carbonyl (C=O) groups excluding carboxylic acids is 1. The fraction of sp³-hybridized carbons (Fsp3) is 0.273. The van der Waals surface area contributed by atoms with E-state index >= 15 is 0 Å². The third kappa shape index (κ3) is 6.37. The predicted molar refractivity (Wildman–Crippen MR) is 104 cm³/mol. The Labute approximate surface area is 171 Å². The van der Waals surface area contributed by atoms with E-state index < -0.39 is 11.6 Å². The van der Waals surface area contributed by atoms with Gasteiger partial charge in [-0.15, -0.1) is 0 Å². The number of amides is 1. The molecule has 2 aromatic carbocycles. The van der Waals surface area contributed by atoms with Crippen LogP contribution in [0.4, 0.5) is 13.2 Å². The Morgan fingerprint density at radius 3 is 2.57 bits per heavy atom. The molecular weight excluding hydrogens is 397 g/mol. The monoisotopic (exact) mass is 418 g/mol. The van der Waals surface area contributed by atoms with E-state index in [1.807, 2.05) is 0 Å². The number of aromatic nitrogens is 1. The Bertz CT molecular complexity index is 974. The number of benzene rings is 2. The zero-order chi connectivity index (χ0) is 21.3. The molecule has 0 aliphatic carbocycles. The topological polar surface area (TPSA) is 64.4 Å². The van der Waals surface area contributed by atoms with Crippen molar-refractivity contribution in [1.29, 1.82) is 0 Å². The van der Waals surface area contributed by atoms with Crippen LogP contribution in [0.5, 0.6) is 5.75 Å². The highest BCUT2D eigenvalue weighted by atomic mass is 19.1. The molecule has 1 aromatic heterocycles. The van der Waals surface area contributed by atoms with Crippen LogP contribution in [0.15, 0.2) is 53.1 Å². The lowest BCUT2D eigenvalue weighted by Gasteiger charge is -2.07. The highest BCUT2D eigenvalue weighted by Gasteiger charge is 2.13. The Kier molecular flexibility index (Phi) is 7.48. The molecular formula is C22H21F3N2O3. The fourth-order valence-corrected chi connectivity index (χ4v) is 2.72. The lowest BCUT2D eigenvalue weighted by molar-refractivity contribution is -0.121. The van der Waals surface area contributed by atoms with Crippen molar-refractivity contribution in [2.75, 3.05) is 13.2 Å². The van der Waals surface area contributed by atoms with Gasteiger partial charge in [-0.05, 0) is 49.2 Å². The van der Waals surface area contributed by atoms with E-state index in [0.717, 1.165) is 25.0 Å². The van der Waals surface area contributed by atoms with E-state index in [1.165, 1.54) is 24.4 Å². The van der Waals surface area contributed by atoms with Crippen LogP contribution in [0, 0.1) is 17.5 Å². The molecule has 3 rings (SSSR count). The first-order chi connectivity index (χ1) is 14.5. The Morgan fingerprint density at radius 2 is 1.80 bits per heavy atom. The van der Waals surface area contributed by atoms with Crippen LogP contribution in [0.2, 0.25) is 0 Å². The second-order valence-electron chi connectivity index (χ2n) is 6.60. The molecule has 0 saturated heterocycles. The number of nitrogens with one attached hydrogen (secondary N) is 1. The maximum absolute atomic E-state index is 13.8. The number of halogens is 3. The minimum absolute atomic E-state index is 0.113. The first kappa shape index (κ1) is 21.4. The number of aryl methyl sites for hydroxylation is 1. The largest absolute Gasteiger partial charge is 0.494 e. The molecule has 5 nitrogen and oxygen atoms in total. The number of hydrogen-bond acceptors (Lipinski definition) is 4. The summed E-state index contributed by atoms with van der Waals surface area (Å²) in [6.45, 7) is 0.976. The van der Waals surface area contributed by atoms with Crippen molar-refractivity contribution < 1.29 is 27.1 Å². The smallest absolute Gasteiger partial charge is 0.220 e. The molecule has 158 valence electrons. The van der Waals surface area contributed by atoms with Crippen molar-refractivity contribution >= 4 is 5.91 Å². The summed E-state index contributed by atoms with van der Waals surface area (Å²) < 4.78 is 50.5. The van der Waals surface area contributed by atoms with Crippen LogP contribution in [0.3, 0.4) is 0 Å². The van der Waals surface area contributed by atoms with Gasteiger partial charge in [0.25, 0.3) is 0 Å². The number of unbranched alkanes of at least 4 members (excludes halogenated alkanes) is 1. The summed E-state index contributed by atoms with van der Waals surface area (Å²) in [5.41, 5.74) is 0.113. The van der Waals surface area contributed by atoms with Gasteiger partial charge in [0.2, 0.25) is 5.91 Å². The van der Waals surface area contributed by atoms with Gasteiger partial charge >= 0.3 is 0 Å². The van der Waals surface area contributed by atoms with Gasteiger partial charge in [-0.3, -0.25) is 4.79 Å². The van der Waals surface area contributed by atoms with E-state index in [4.69, 9.17) is 9.15 Å². The van der Waals surface area contributed by atoms with Crippen molar-refractivity contribution in [3.05, 3.63) is 72.0 Å². The molecule has 0 unspecified atom stereocenters. The van der Waals surface area contributed by atoms with Crippen molar-refractivity contribution in [1.82, 2.24) is 10.3 Å². The number of hydrogen-bond donors (Lipinski definition) is 1. The third-order valence-electron chi connectivity index (χ3n) is 4.29. The number of oxazole rings is 1. The summed E-state index contributed by atoms with van der Waals surface area (Å²) in [6.07, 6.45) is 3.27. The van der Waals surface area contributed by atoms with Gasteiger partial charge in [-0.1, -0.05) is 0 Å². The maximum atomic E-state index is 13.8. The quantitative estimate of drug-likeness (QED) is 0.486. The van der Waals surface area contributed by atoms with Gasteiger partial charge in [0.05, 0.1) is 18.4 Å². The van der Waals surface area contributed by atoms with E-state index in [2.05, 4.69) is 10.3 Å². The van der Waals surface area contributed by atoms with Crippen molar-refractivity contribution in [2.45, 2.75) is 25.7 Å². The van der Waals surface area contributed by atoms with E-state index in [1.54, 1.807) is 12.1 Å². The number of nitrogens with zero attached hydrogens (tertiary/aromatic N) is 1. The molecule has 0 bridgehead atoms. The van der Waals surface area contributed by atoms with Gasteiger partial charge in [-0.2, -0.15) is 0 Å². The molecule has 0 aliphatic heterocycles. The number of ether oxygens (including phenoxy) is 1. The second kappa shape index (κ2) is 10.5. The summed E-state index contributed by atoms with van der Waals surface area (Å²) in [7, 11) is 0. The molecule has 0 fully saturated rings. The third-order valence-corrected chi connectivity index (χ3v) is 4.29. The van der Waals surface area contributed by atoms with Gasteiger partial charge in [-0.25, -0.2) is 18.2 Å². The van der Waals surface area contributed by atoms with Crippen LogP contribution in [-0.4, -0.2) is 24.0 Å². The van der Waals surface area contributed by atoms with Crippen LogP contribution in [0.25, 0.3) is 11.3 Å². The molecule has 1 heterocycles. The van der Waals surface area contributed by atoms with Gasteiger partial charge in [0.15, 0.2) is 11.7 Å². The Hall–Kier alpha value is -3.29. The average Bonchev–Trinajstić information content (AvgIpc) is 3.19. The SMILES string of the molecule is O=C(CCc1ncc(-c2ccc(F)cc2F)o1)NCCCCOc1ccc(F)cc1. The minimum atomic E-state index is -0.737. The molecule has 0 radical (unpaired) electrons. The molecule has 1 amide bonds. The molecule has 30 heavy (non-hydrogen) atoms. The first-order valence-corrected chi connectivity index (χ1v) is 9.56. The lowest BCUT2D eigenvalue weighted by atomic mass is 10.2. The lowest BCUT2D eigenvalue weighted by Crippen LogP contribution is -2.25. The van der Waals surface area contributed by atoms with E-state index in [0.29, 0.717) is 24.8 Å². The number of rotatable bonds is 10. The van der Waals surface area contributed by atoms with Crippen molar-refractivity contribution in [2.24, 2.45) is 0 Å². The molecule has 3 aromatic rings. The van der Waals surface area contributed by atoms with Gasteiger partial charge in [0.1, 0.15) is 23.2 Å². The predicted octanol–water partition coefficient (Wildman–Crippen LogP) is 4.67. The second-order valence-corrected chi connectivity index (χ2v) is 6.60. The van der Waals surface area contributed by atoms with E-state index in [9.17, 15) is 18.0 Å². The molecule has 1 N–H and O–H groups in total. The molecule has 0 saturated carbocycles. The van der Waals surface area contributed by atoms with Crippen LogP contribution >= 0.6 is 0 Å². The van der Waals surface area contributed by atoms with Crippen LogP contribution < -0.4 is 10.1 Å². The normalized spacial score (nSPS) is 10.8. The van der Waals surface area contributed by atoms with Gasteiger partial charge < -0.3 is 14.5 Å². The molecule has 0 atom stereocenters. The minimum Gasteiger partial charge on any atom is -0.494 e. The molecule has 0 spiro atoms. The summed E-state index contributed by atoms with van der Waals surface area (Å²) in [5, 5.41) is 2.80. The standard InChI is InChI=1S/C22H21F3N2O3/c23-15-3-6-17(7-4-15)29-12-2-1-11-26-21(28)9-10-22-27-14-20(30-22)18-8-5-16(24)13-19(18)25/h3-8,13-14H,1-2,9-12H2,(H,26,28). The average molecular weight is 418 g/mol. The first-order valence-electron chi connectivity index (χ1n) is 9.56.